The molecule has 2 aromatic rings. The van der Waals surface area contributed by atoms with Crippen molar-refractivity contribution in [2.75, 3.05) is 5.43 Å². The topological polar surface area (TPSA) is 17.0 Å². The number of halogens is 1. The summed E-state index contributed by atoms with van der Waals surface area (Å²) < 4.78 is 3.11. The zero-order valence-electron chi connectivity index (χ0n) is 9.23. The number of rotatable bonds is 4. The summed E-state index contributed by atoms with van der Waals surface area (Å²) >= 11 is 3.45. The van der Waals surface area contributed by atoms with Crippen molar-refractivity contribution in [1.82, 2.24) is 4.68 Å². The van der Waals surface area contributed by atoms with Crippen molar-refractivity contribution in [3.8, 4) is 0 Å². The van der Waals surface area contributed by atoms with E-state index in [-0.39, 0.29) is 0 Å². The first kappa shape index (κ1) is 11.3. The van der Waals surface area contributed by atoms with Crippen LogP contribution in [0.5, 0.6) is 0 Å². The molecule has 0 spiro atoms. The molecule has 0 amide bonds. The average molecular weight is 279 g/mol. The molecule has 0 bridgehead atoms. The van der Waals surface area contributed by atoms with Crippen molar-refractivity contribution in [2.24, 2.45) is 0 Å². The first-order chi connectivity index (χ1) is 7.79. The fraction of sp³-hybridized carbons (Fsp3) is 0.231. The van der Waals surface area contributed by atoms with Crippen LogP contribution >= 0.6 is 15.9 Å². The van der Waals surface area contributed by atoms with Gasteiger partial charge in [0, 0.05) is 16.9 Å². The van der Waals surface area contributed by atoms with E-state index in [0.717, 1.165) is 10.9 Å². The van der Waals surface area contributed by atoms with E-state index in [9.17, 15) is 0 Å². The van der Waals surface area contributed by atoms with Crippen molar-refractivity contribution >= 4 is 15.9 Å². The van der Waals surface area contributed by atoms with Crippen molar-refractivity contribution in [1.29, 1.82) is 0 Å². The minimum atomic E-state index is 0.348. The average Bonchev–Trinajstić information content (AvgIpc) is 2.80. The van der Waals surface area contributed by atoms with Crippen LogP contribution in [-0.4, -0.2) is 4.68 Å². The van der Waals surface area contributed by atoms with Gasteiger partial charge in [-0.25, -0.2) is 0 Å². The quantitative estimate of drug-likeness (QED) is 0.896. The molecule has 0 fully saturated rings. The van der Waals surface area contributed by atoms with E-state index >= 15 is 0 Å². The third kappa shape index (κ3) is 2.67. The smallest absolute Gasteiger partial charge is 0.0671 e. The van der Waals surface area contributed by atoms with Gasteiger partial charge in [0.15, 0.2) is 0 Å². The largest absolute Gasteiger partial charge is 0.319 e. The minimum Gasteiger partial charge on any atom is -0.319 e. The molecule has 2 nitrogen and oxygen atoms in total. The second kappa shape index (κ2) is 5.21. The van der Waals surface area contributed by atoms with Crippen LogP contribution in [0.3, 0.4) is 0 Å². The van der Waals surface area contributed by atoms with Gasteiger partial charge in [0.25, 0.3) is 0 Å². The number of benzene rings is 1. The molecule has 16 heavy (non-hydrogen) atoms. The zero-order chi connectivity index (χ0) is 11.4. The predicted octanol–water partition coefficient (Wildman–Crippen LogP) is 3.95. The van der Waals surface area contributed by atoms with E-state index in [1.165, 1.54) is 5.56 Å². The van der Waals surface area contributed by atoms with E-state index in [1.807, 2.05) is 29.2 Å². The summed E-state index contributed by atoms with van der Waals surface area (Å²) in [4.78, 5) is 0. The molecule has 0 aliphatic rings. The summed E-state index contributed by atoms with van der Waals surface area (Å²) in [6.45, 7) is 2.18. The first-order valence-corrected chi connectivity index (χ1v) is 6.24. The first-order valence-electron chi connectivity index (χ1n) is 5.44. The van der Waals surface area contributed by atoms with Crippen LogP contribution in [0.1, 0.15) is 24.9 Å². The Balaban J connectivity index is 2.13. The van der Waals surface area contributed by atoms with Gasteiger partial charge >= 0.3 is 0 Å². The second-order valence-electron chi connectivity index (χ2n) is 3.73. The fourth-order valence-corrected chi connectivity index (χ4v) is 1.96. The Morgan fingerprint density at radius 3 is 2.38 bits per heavy atom. The van der Waals surface area contributed by atoms with Gasteiger partial charge in [-0.15, -0.1) is 0 Å². The maximum atomic E-state index is 3.45. The minimum absolute atomic E-state index is 0.348. The van der Waals surface area contributed by atoms with Gasteiger partial charge < -0.3 is 5.43 Å². The SMILES string of the molecule is CCC(Nn1cccc1)c1ccc(Br)cc1. The normalized spacial score (nSPS) is 12.4. The Hall–Kier alpha value is -1.22. The molecule has 0 aliphatic carbocycles. The molecule has 0 radical (unpaired) electrons. The van der Waals surface area contributed by atoms with Crippen LogP contribution in [0.15, 0.2) is 53.3 Å². The molecule has 84 valence electrons. The molecule has 1 aromatic heterocycles. The lowest BCUT2D eigenvalue weighted by Crippen LogP contribution is -2.18. The molecule has 0 saturated heterocycles. The number of aromatic nitrogens is 1. The molecular weight excluding hydrogens is 264 g/mol. The van der Waals surface area contributed by atoms with Gasteiger partial charge in [-0.1, -0.05) is 35.0 Å². The van der Waals surface area contributed by atoms with E-state index in [4.69, 9.17) is 0 Å². The molecule has 1 heterocycles. The lowest BCUT2D eigenvalue weighted by molar-refractivity contribution is 0.653. The maximum Gasteiger partial charge on any atom is 0.0671 e. The lowest BCUT2D eigenvalue weighted by atomic mass is 10.1. The van der Waals surface area contributed by atoms with Crippen LogP contribution < -0.4 is 5.43 Å². The third-order valence-electron chi connectivity index (χ3n) is 2.59. The Kier molecular flexibility index (Phi) is 3.67. The van der Waals surface area contributed by atoms with Gasteiger partial charge in [-0.2, -0.15) is 0 Å². The molecule has 3 heteroatoms. The standard InChI is InChI=1S/C13H15BrN2/c1-2-13(15-16-9-3-4-10-16)11-5-7-12(14)8-6-11/h3-10,13,15H,2H2,1H3. The highest BCUT2D eigenvalue weighted by molar-refractivity contribution is 9.10. The third-order valence-corrected chi connectivity index (χ3v) is 3.12. The fourth-order valence-electron chi connectivity index (χ4n) is 1.70. The Morgan fingerprint density at radius 1 is 1.19 bits per heavy atom. The maximum absolute atomic E-state index is 3.45. The van der Waals surface area contributed by atoms with Crippen molar-refractivity contribution in [3.63, 3.8) is 0 Å². The monoisotopic (exact) mass is 278 g/mol. The van der Waals surface area contributed by atoms with Crippen molar-refractivity contribution in [3.05, 3.63) is 58.8 Å². The molecular formula is C13H15BrN2. The van der Waals surface area contributed by atoms with E-state index in [0.29, 0.717) is 6.04 Å². The highest BCUT2D eigenvalue weighted by Crippen LogP contribution is 2.20. The van der Waals surface area contributed by atoms with Gasteiger partial charge in [0.2, 0.25) is 0 Å². The molecule has 1 unspecified atom stereocenters. The van der Waals surface area contributed by atoms with Crippen molar-refractivity contribution in [2.45, 2.75) is 19.4 Å². The van der Waals surface area contributed by atoms with E-state index in [1.54, 1.807) is 0 Å². The summed E-state index contributed by atoms with van der Waals surface area (Å²) in [5.41, 5.74) is 4.75. The summed E-state index contributed by atoms with van der Waals surface area (Å²) in [5.74, 6) is 0. The molecule has 1 N–H and O–H groups in total. The van der Waals surface area contributed by atoms with Crippen LogP contribution in [0, 0.1) is 0 Å². The lowest BCUT2D eigenvalue weighted by Gasteiger charge is -2.19. The van der Waals surface area contributed by atoms with Gasteiger partial charge in [-0.05, 0) is 36.2 Å². The van der Waals surface area contributed by atoms with Crippen LogP contribution in [0.2, 0.25) is 0 Å². The van der Waals surface area contributed by atoms with Crippen LogP contribution in [0.4, 0.5) is 0 Å². The van der Waals surface area contributed by atoms with E-state index in [2.05, 4.69) is 52.5 Å². The number of hydrogen-bond donors (Lipinski definition) is 1. The summed E-state index contributed by atoms with van der Waals surface area (Å²) in [6, 6.07) is 12.8. The Bertz CT molecular complexity index is 420. The zero-order valence-corrected chi connectivity index (χ0v) is 10.8. The van der Waals surface area contributed by atoms with Gasteiger partial charge in [0.05, 0.1) is 6.04 Å². The molecule has 2 rings (SSSR count). The molecule has 0 aliphatic heterocycles. The Morgan fingerprint density at radius 2 is 1.81 bits per heavy atom. The predicted molar refractivity (Wildman–Crippen MR) is 71.0 cm³/mol. The van der Waals surface area contributed by atoms with E-state index < -0.39 is 0 Å². The van der Waals surface area contributed by atoms with Crippen molar-refractivity contribution < 1.29 is 0 Å². The number of nitrogens with zero attached hydrogens (tertiary/aromatic N) is 1. The highest BCUT2D eigenvalue weighted by atomic mass is 79.9. The number of hydrogen-bond acceptors (Lipinski definition) is 1. The summed E-state index contributed by atoms with van der Waals surface area (Å²) in [7, 11) is 0. The van der Waals surface area contributed by atoms with Crippen LogP contribution in [0.25, 0.3) is 0 Å². The van der Waals surface area contributed by atoms with Gasteiger partial charge in [-0.3, -0.25) is 4.68 Å². The number of nitrogens with one attached hydrogen (secondary N) is 1. The molecule has 0 saturated carbocycles. The highest BCUT2D eigenvalue weighted by Gasteiger charge is 2.07. The van der Waals surface area contributed by atoms with Gasteiger partial charge in [0.1, 0.15) is 0 Å². The molecule has 1 aromatic carbocycles. The summed E-state index contributed by atoms with van der Waals surface area (Å²) in [5, 5.41) is 0. The second-order valence-corrected chi connectivity index (χ2v) is 4.65. The summed E-state index contributed by atoms with van der Waals surface area (Å²) in [6.07, 6.45) is 5.09. The molecule has 1 atom stereocenters. The van der Waals surface area contributed by atoms with Crippen LogP contribution in [-0.2, 0) is 0 Å². The Labute approximate surface area is 104 Å².